The van der Waals surface area contributed by atoms with Crippen LogP contribution < -0.4 is 10.6 Å². The first-order chi connectivity index (χ1) is 12.3. The number of hydrogen-bond donors (Lipinski definition) is 2. The van der Waals surface area contributed by atoms with Crippen molar-refractivity contribution in [3.63, 3.8) is 0 Å². The summed E-state index contributed by atoms with van der Waals surface area (Å²) in [5.41, 5.74) is 0. The molecule has 2 N–H and O–H groups in total. The van der Waals surface area contributed by atoms with Crippen molar-refractivity contribution in [3.8, 4) is 0 Å². The van der Waals surface area contributed by atoms with Crippen molar-refractivity contribution >= 4 is 45.0 Å². The van der Waals surface area contributed by atoms with Gasteiger partial charge in [0.05, 0.1) is 15.2 Å². The Kier molecular flexibility index (Phi) is 7.64. The molecule has 1 aliphatic rings. The smallest absolute Gasteiger partial charge is 0.264 e. The van der Waals surface area contributed by atoms with Gasteiger partial charge in [-0.2, -0.15) is 0 Å². The first-order valence-corrected chi connectivity index (χ1v) is 10.5. The molecule has 2 rings (SSSR count). The van der Waals surface area contributed by atoms with Gasteiger partial charge >= 0.3 is 0 Å². The third-order valence-corrected chi connectivity index (χ3v) is 5.96. The lowest BCUT2D eigenvalue weighted by Crippen LogP contribution is -2.46. The number of amides is 3. The molecule has 26 heavy (non-hydrogen) atoms. The Hall–Kier alpha value is -1.41. The highest BCUT2D eigenvalue weighted by molar-refractivity contribution is 9.11. The molecule has 3 amide bonds. The fraction of sp³-hybridized carbons (Fsp3) is 0.611. The fourth-order valence-electron chi connectivity index (χ4n) is 3.14. The van der Waals surface area contributed by atoms with Crippen molar-refractivity contribution in [3.05, 3.63) is 20.8 Å². The zero-order chi connectivity index (χ0) is 19.3. The maximum absolute atomic E-state index is 12.3. The molecule has 2 atom stereocenters. The lowest BCUT2D eigenvalue weighted by molar-refractivity contribution is -0.128. The molecule has 6 nitrogen and oxygen atoms in total. The molecular formula is C18H26BrN3O3S. The highest BCUT2D eigenvalue weighted by atomic mass is 79.9. The van der Waals surface area contributed by atoms with Crippen molar-refractivity contribution < 1.29 is 14.4 Å². The summed E-state index contributed by atoms with van der Waals surface area (Å²) in [4.78, 5) is 38.8. The quantitative estimate of drug-likeness (QED) is 0.709. The Morgan fingerprint density at radius 1 is 1.31 bits per heavy atom. The summed E-state index contributed by atoms with van der Waals surface area (Å²) >= 11 is 4.68. The van der Waals surface area contributed by atoms with E-state index in [1.165, 1.54) is 16.2 Å². The van der Waals surface area contributed by atoms with E-state index in [9.17, 15) is 14.4 Å². The van der Waals surface area contributed by atoms with Gasteiger partial charge < -0.3 is 15.5 Å². The molecule has 1 saturated carbocycles. The van der Waals surface area contributed by atoms with Gasteiger partial charge in [0.15, 0.2) is 0 Å². The minimum Gasteiger partial charge on any atom is -0.354 e. The van der Waals surface area contributed by atoms with Crippen LogP contribution in [0.2, 0.25) is 0 Å². The second kappa shape index (κ2) is 9.50. The zero-order valence-corrected chi connectivity index (χ0v) is 17.8. The SMILES string of the molecule is CC(C)NC(=O)C1CCCC(NC(=O)CN(C)C(=O)c2ccc(Br)s2)C1. The number of nitrogens with zero attached hydrogens (tertiary/aromatic N) is 1. The average molecular weight is 444 g/mol. The minimum atomic E-state index is -0.189. The van der Waals surface area contributed by atoms with Gasteiger partial charge in [-0.3, -0.25) is 14.4 Å². The van der Waals surface area contributed by atoms with Crippen molar-refractivity contribution in [2.24, 2.45) is 5.92 Å². The van der Waals surface area contributed by atoms with E-state index in [2.05, 4.69) is 26.6 Å². The second-order valence-electron chi connectivity index (χ2n) is 7.06. The van der Waals surface area contributed by atoms with Crippen LogP contribution in [0.1, 0.15) is 49.2 Å². The normalized spacial score (nSPS) is 19.9. The number of carbonyl (C=O) groups excluding carboxylic acids is 3. The maximum atomic E-state index is 12.3. The molecule has 1 heterocycles. The first-order valence-electron chi connectivity index (χ1n) is 8.86. The Labute approximate surface area is 166 Å². The van der Waals surface area contributed by atoms with E-state index < -0.39 is 0 Å². The summed E-state index contributed by atoms with van der Waals surface area (Å²) in [6, 6.07) is 3.66. The summed E-state index contributed by atoms with van der Waals surface area (Å²) in [5, 5.41) is 5.93. The van der Waals surface area contributed by atoms with Crippen LogP contribution in [-0.2, 0) is 9.59 Å². The number of nitrogens with one attached hydrogen (secondary N) is 2. The monoisotopic (exact) mass is 443 g/mol. The summed E-state index contributed by atoms with van der Waals surface area (Å²) in [6.45, 7) is 3.89. The third-order valence-electron chi connectivity index (χ3n) is 4.35. The molecule has 1 aromatic heterocycles. The molecule has 1 aliphatic carbocycles. The fourth-order valence-corrected chi connectivity index (χ4v) is 4.52. The van der Waals surface area contributed by atoms with Crippen molar-refractivity contribution in [1.29, 1.82) is 0 Å². The van der Waals surface area contributed by atoms with Gasteiger partial charge in [0.2, 0.25) is 11.8 Å². The number of carbonyl (C=O) groups is 3. The van der Waals surface area contributed by atoms with E-state index in [1.54, 1.807) is 13.1 Å². The van der Waals surface area contributed by atoms with Crippen molar-refractivity contribution in [2.75, 3.05) is 13.6 Å². The van der Waals surface area contributed by atoms with E-state index >= 15 is 0 Å². The number of hydrogen-bond acceptors (Lipinski definition) is 4. The van der Waals surface area contributed by atoms with E-state index in [0.717, 1.165) is 23.0 Å². The predicted octanol–water partition coefficient (Wildman–Crippen LogP) is 2.78. The molecule has 0 aromatic carbocycles. The summed E-state index contributed by atoms with van der Waals surface area (Å²) in [6.07, 6.45) is 3.29. The van der Waals surface area contributed by atoms with E-state index in [0.29, 0.717) is 11.3 Å². The van der Waals surface area contributed by atoms with Gasteiger partial charge in [0.25, 0.3) is 5.91 Å². The first kappa shape index (κ1) is 20.9. The topological polar surface area (TPSA) is 78.5 Å². The Bertz CT molecular complexity index is 662. The zero-order valence-electron chi connectivity index (χ0n) is 15.4. The highest BCUT2D eigenvalue weighted by Gasteiger charge is 2.28. The van der Waals surface area contributed by atoms with Gasteiger partial charge in [-0.1, -0.05) is 6.42 Å². The molecule has 0 saturated heterocycles. The Morgan fingerprint density at radius 3 is 2.65 bits per heavy atom. The molecule has 1 fully saturated rings. The lowest BCUT2D eigenvalue weighted by Gasteiger charge is -2.30. The van der Waals surface area contributed by atoms with Gasteiger partial charge in [-0.15, -0.1) is 11.3 Å². The van der Waals surface area contributed by atoms with Crippen molar-refractivity contribution in [1.82, 2.24) is 15.5 Å². The molecule has 0 bridgehead atoms. The lowest BCUT2D eigenvalue weighted by atomic mass is 9.85. The van der Waals surface area contributed by atoms with E-state index in [-0.39, 0.29) is 42.3 Å². The van der Waals surface area contributed by atoms with Crippen LogP contribution in [0.4, 0.5) is 0 Å². The largest absolute Gasteiger partial charge is 0.354 e. The molecule has 8 heteroatoms. The summed E-state index contributed by atoms with van der Waals surface area (Å²) < 4.78 is 0.881. The Morgan fingerprint density at radius 2 is 2.04 bits per heavy atom. The number of thiophene rings is 1. The molecule has 0 radical (unpaired) electrons. The van der Waals surface area contributed by atoms with Gasteiger partial charge in [-0.25, -0.2) is 0 Å². The molecular weight excluding hydrogens is 418 g/mol. The number of likely N-dealkylation sites (N-methyl/N-ethyl adjacent to an activating group) is 1. The van der Waals surface area contributed by atoms with Gasteiger partial charge in [0, 0.05) is 25.0 Å². The summed E-state index contributed by atoms with van der Waals surface area (Å²) in [7, 11) is 1.62. The number of rotatable bonds is 6. The third kappa shape index (κ3) is 6.09. The van der Waals surface area contributed by atoms with Crippen LogP contribution in [-0.4, -0.2) is 48.3 Å². The van der Waals surface area contributed by atoms with Crippen LogP contribution in [0.25, 0.3) is 0 Å². The second-order valence-corrected chi connectivity index (χ2v) is 9.52. The molecule has 0 spiro atoms. The standard InChI is InChI=1S/C18H26BrN3O3S/c1-11(2)20-17(24)12-5-4-6-13(9-12)21-16(23)10-22(3)18(25)14-7-8-15(19)26-14/h7-8,11-13H,4-6,9-10H2,1-3H3,(H,20,24)(H,21,23). The highest BCUT2D eigenvalue weighted by Crippen LogP contribution is 2.25. The van der Waals surface area contributed by atoms with E-state index in [1.807, 2.05) is 19.9 Å². The van der Waals surface area contributed by atoms with Gasteiger partial charge in [-0.05, 0) is 61.2 Å². The van der Waals surface area contributed by atoms with Crippen LogP contribution in [0.3, 0.4) is 0 Å². The molecule has 0 aliphatic heterocycles. The van der Waals surface area contributed by atoms with Gasteiger partial charge in [0.1, 0.15) is 0 Å². The van der Waals surface area contributed by atoms with Crippen LogP contribution in [0.15, 0.2) is 15.9 Å². The minimum absolute atomic E-state index is 0.00765. The van der Waals surface area contributed by atoms with Crippen LogP contribution in [0.5, 0.6) is 0 Å². The van der Waals surface area contributed by atoms with E-state index in [4.69, 9.17) is 0 Å². The average Bonchev–Trinajstić information content (AvgIpc) is 3.00. The summed E-state index contributed by atoms with van der Waals surface area (Å²) in [5.74, 6) is -0.353. The van der Waals surface area contributed by atoms with Crippen LogP contribution >= 0.6 is 27.3 Å². The van der Waals surface area contributed by atoms with Crippen LogP contribution in [0, 0.1) is 5.92 Å². The Balaban J connectivity index is 1.83. The van der Waals surface area contributed by atoms with Crippen molar-refractivity contribution in [2.45, 2.75) is 51.6 Å². The maximum Gasteiger partial charge on any atom is 0.264 e. The predicted molar refractivity (Wildman–Crippen MR) is 106 cm³/mol. The number of halogens is 1. The molecule has 144 valence electrons. The molecule has 1 aromatic rings. The molecule has 2 unspecified atom stereocenters.